The zero-order valence-electron chi connectivity index (χ0n) is 12.3. The van der Waals surface area contributed by atoms with E-state index in [9.17, 15) is 0 Å². The normalized spacial score (nSPS) is 11.5. The molecule has 0 aliphatic rings. The molecule has 0 atom stereocenters. The summed E-state index contributed by atoms with van der Waals surface area (Å²) in [7, 11) is 0. The molecule has 0 spiro atoms. The molecule has 0 amide bonds. The van der Waals surface area contributed by atoms with Crippen molar-refractivity contribution in [2.24, 2.45) is 0 Å². The zero-order valence-corrected chi connectivity index (χ0v) is 12.3. The van der Waals surface area contributed by atoms with Crippen molar-refractivity contribution in [1.82, 2.24) is 9.78 Å². The van der Waals surface area contributed by atoms with Crippen LogP contribution in [-0.4, -0.2) is 9.78 Å². The highest BCUT2D eigenvalue weighted by Crippen LogP contribution is 2.32. The number of nitrogens with zero attached hydrogens (tertiary/aromatic N) is 2. The van der Waals surface area contributed by atoms with E-state index >= 15 is 0 Å². The van der Waals surface area contributed by atoms with Gasteiger partial charge in [-0.25, -0.2) is 4.68 Å². The van der Waals surface area contributed by atoms with Crippen LogP contribution >= 0.6 is 0 Å². The van der Waals surface area contributed by atoms with Crippen molar-refractivity contribution in [3.8, 4) is 5.69 Å². The van der Waals surface area contributed by atoms with Crippen LogP contribution < -0.4 is 5.73 Å². The summed E-state index contributed by atoms with van der Waals surface area (Å²) in [6.07, 6.45) is 0. The maximum atomic E-state index is 6.15. The molecule has 0 bridgehead atoms. The number of hydrogen-bond donors (Lipinski definition) is 1. The molecule has 0 fully saturated rings. The van der Waals surface area contributed by atoms with Crippen LogP contribution in [0.25, 0.3) is 5.69 Å². The fourth-order valence-corrected chi connectivity index (χ4v) is 2.48. The standard InChI is InChI=1S/C18H19N3/c1-18(2,14-9-5-3-6-10-14)16-13-17(19)21(20-16)15-11-7-4-8-12-15/h3-13H,19H2,1-2H3. The van der Waals surface area contributed by atoms with Gasteiger partial charge in [-0.2, -0.15) is 5.10 Å². The van der Waals surface area contributed by atoms with Gasteiger partial charge in [0, 0.05) is 11.5 Å². The van der Waals surface area contributed by atoms with Crippen LogP contribution in [0.2, 0.25) is 0 Å². The van der Waals surface area contributed by atoms with Crippen molar-refractivity contribution in [2.45, 2.75) is 19.3 Å². The lowest BCUT2D eigenvalue weighted by Crippen LogP contribution is -2.19. The third-order valence-corrected chi connectivity index (χ3v) is 3.87. The minimum Gasteiger partial charge on any atom is -0.384 e. The van der Waals surface area contributed by atoms with Gasteiger partial charge >= 0.3 is 0 Å². The van der Waals surface area contributed by atoms with Crippen LogP contribution in [0.5, 0.6) is 0 Å². The van der Waals surface area contributed by atoms with Crippen molar-refractivity contribution in [3.05, 3.63) is 78.0 Å². The Morgan fingerprint density at radius 3 is 2.10 bits per heavy atom. The van der Waals surface area contributed by atoms with E-state index in [1.807, 2.05) is 42.5 Å². The van der Waals surface area contributed by atoms with Gasteiger partial charge in [0.25, 0.3) is 0 Å². The molecule has 0 radical (unpaired) electrons. The Bertz CT molecular complexity index is 728. The van der Waals surface area contributed by atoms with Crippen LogP contribution in [0.1, 0.15) is 25.1 Å². The minimum absolute atomic E-state index is 0.185. The number of benzene rings is 2. The lowest BCUT2D eigenvalue weighted by Gasteiger charge is -2.22. The first-order chi connectivity index (χ1) is 10.1. The van der Waals surface area contributed by atoms with Crippen LogP contribution in [0.15, 0.2) is 66.7 Å². The molecule has 0 unspecified atom stereocenters. The van der Waals surface area contributed by atoms with Gasteiger partial charge in [0.2, 0.25) is 0 Å². The summed E-state index contributed by atoms with van der Waals surface area (Å²) in [5.41, 5.74) is 9.13. The third-order valence-electron chi connectivity index (χ3n) is 3.87. The summed E-state index contributed by atoms with van der Waals surface area (Å²) in [6, 6.07) is 22.3. The summed E-state index contributed by atoms with van der Waals surface area (Å²) in [5, 5.41) is 4.72. The summed E-state index contributed by atoms with van der Waals surface area (Å²) in [6.45, 7) is 4.33. The van der Waals surface area contributed by atoms with Gasteiger partial charge in [-0.1, -0.05) is 62.4 Å². The molecule has 0 aliphatic carbocycles. The number of nitrogens with two attached hydrogens (primary N) is 1. The van der Waals surface area contributed by atoms with Gasteiger partial charge in [-0.3, -0.25) is 0 Å². The van der Waals surface area contributed by atoms with E-state index < -0.39 is 0 Å². The molecule has 0 saturated heterocycles. The summed E-state index contributed by atoms with van der Waals surface area (Å²) in [4.78, 5) is 0. The van der Waals surface area contributed by atoms with Crippen LogP contribution in [-0.2, 0) is 5.41 Å². The minimum atomic E-state index is -0.185. The average Bonchev–Trinajstić information content (AvgIpc) is 2.92. The van der Waals surface area contributed by atoms with Gasteiger partial charge in [-0.15, -0.1) is 0 Å². The molecule has 106 valence electrons. The molecule has 3 heteroatoms. The molecule has 3 aromatic rings. The maximum Gasteiger partial charge on any atom is 0.127 e. The topological polar surface area (TPSA) is 43.8 Å². The highest BCUT2D eigenvalue weighted by Gasteiger charge is 2.26. The Hall–Kier alpha value is -2.55. The smallest absolute Gasteiger partial charge is 0.127 e. The SMILES string of the molecule is CC(C)(c1ccccc1)c1cc(N)n(-c2ccccc2)n1. The second kappa shape index (κ2) is 5.09. The molecule has 2 aromatic carbocycles. The van der Waals surface area contributed by atoms with E-state index in [1.54, 1.807) is 4.68 Å². The average molecular weight is 277 g/mol. The summed E-state index contributed by atoms with van der Waals surface area (Å²) < 4.78 is 1.79. The Morgan fingerprint density at radius 2 is 1.48 bits per heavy atom. The number of anilines is 1. The van der Waals surface area contributed by atoms with Gasteiger partial charge in [0.05, 0.1) is 11.4 Å². The molecule has 0 aliphatic heterocycles. The highest BCUT2D eigenvalue weighted by atomic mass is 15.3. The number of hydrogen-bond acceptors (Lipinski definition) is 2. The predicted molar refractivity (Wildman–Crippen MR) is 86.5 cm³/mol. The van der Waals surface area contributed by atoms with Gasteiger partial charge in [0.15, 0.2) is 0 Å². The van der Waals surface area contributed by atoms with Gasteiger partial charge in [-0.05, 0) is 17.7 Å². The molecule has 21 heavy (non-hydrogen) atoms. The van der Waals surface area contributed by atoms with E-state index in [1.165, 1.54) is 5.56 Å². The van der Waals surface area contributed by atoms with Crippen molar-refractivity contribution >= 4 is 5.82 Å². The van der Waals surface area contributed by atoms with Crippen LogP contribution in [0.3, 0.4) is 0 Å². The molecule has 2 N–H and O–H groups in total. The van der Waals surface area contributed by atoms with Crippen LogP contribution in [0, 0.1) is 0 Å². The summed E-state index contributed by atoms with van der Waals surface area (Å²) in [5.74, 6) is 0.653. The third kappa shape index (κ3) is 2.42. The molecular formula is C18H19N3. The Kier molecular flexibility index (Phi) is 3.26. The fraction of sp³-hybridized carbons (Fsp3) is 0.167. The van der Waals surface area contributed by atoms with E-state index in [2.05, 4.69) is 38.1 Å². The maximum absolute atomic E-state index is 6.15. The Labute approximate surface area is 125 Å². The first-order valence-corrected chi connectivity index (χ1v) is 7.06. The van der Waals surface area contributed by atoms with E-state index in [-0.39, 0.29) is 5.41 Å². The molecule has 1 heterocycles. The lowest BCUT2D eigenvalue weighted by molar-refractivity contribution is 0.605. The predicted octanol–water partition coefficient (Wildman–Crippen LogP) is 3.78. The Balaban J connectivity index is 2.05. The van der Waals surface area contributed by atoms with Crippen molar-refractivity contribution < 1.29 is 0 Å². The number of nitrogen functional groups attached to an aromatic ring is 1. The molecule has 3 rings (SSSR count). The molecule has 3 nitrogen and oxygen atoms in total. The lowest BCUT2D eigenvalue weighted by atomic mass is 9.82. The Morgan fingerprint density at radius 1 is 0.905 bits per heavy atom. The second-order valence-corrected chi connectivity index (χ2v) is 5.69. The number of aromatic nitrogens is 2. The van der Waals surface area contributed by atoms with E-state index in [0.717, 1.165) is 11.4 Å². The van der Waals surface area contributed by atoms with Crippen LogP contribution in [0.4, 0.5) is 5.82 Å². The van der Waals surface area contributed by atoms with Gasteiger partial charge in [0.1, 0.15) is 5.82 Å². The molecule has 1 aromatic heterocycles. The van der Waals surface area contributed by atoms with Gasteiger partial charge < -0.3 is 5.73 Å². The first-order valence-electron chi connectivity index (χ1n) is 7.06. The second-order valence-electron chi connectivity index (χ2n) is 5.69. The molecular weight excluding hydrogens is 258 g/mol. The first kappa shape index (κ1) is 13.4. The molecule has 0 saturated carbocycles. The number of rotatable bonds is 3. The van der Waals surface area contributed by atoms with Crippen molar-refractivity contribution in [3.63, 3.8) is 0 Å². The number of para-hydroxylation sites is 1. The summed E-state index contributed by atoms with van der Waals surface area (Å²) >= 11 is 0. The van der Waals surface area contributed by atoms with Crippen molar-refractivity contribution in [1.29, 1.82) is 0 Å². The highest BCUT2D eigenvalue weighted by molar-refractivity contribution is 5.46. The zero-order chi connectivity index (χ0) is 14.9. The quantitative estimate of drug-likeness (QED) is 0.791. The monoisotopic (exact) mass is 277 g/mol. The van der Waals surface area contributed by atoms with E-state index in [0.29, 0.717) is 5.82 Å². The largest absolute Gasteiger partial charge is 0.384 e. The van der Waals surface area contributed by atoms with E-state index in [4.69, 9.17) is 10.8 Å². The van der Waals surface area contributed by atoms with Crippen molar-refractivity contribution in [2.75, 3.05) is 5.73 Å². The fourth-order valence-electron chi connectivity index (χ4n) is 2.48.